The van der Waals surface area contributed by atoms with Crippen molar-refractivity contribution in [3.63, 3.8) is 0 Å². The molecular weight excluding hydrogens is 371 g/mol. The molecule has 1 aromatic rings. The van der Waals surface area contributed by atoms with Gasteiger partial charge >= 0.3 is 0 Å². The van der Waals surface area contributed by atoms with Crippen molar-refractivity contribution in [3.05, 3.63) is 29.8 Å². The Labute approximate surface area is 148 Å². The van der Waals surface area contributed by atoms with Crippen LogP contribution in [0.25, 0.3) is 0 Å². The molecule has 0 amide bonds. The number of nitrogens with one attached hydrogen (secondary N) is 3. The first-order valence-corrected chi connectivity index (χ1v) is 11.6. The molecule has 3 atom stereocenters. The molecule has 0 saturated heterocycles. The van der Waals surface area contributed by atoms with Crippen molar-refractivity contribution in [3.8, 4) is 0 Å². The summed E-state index contributed by atoms with van der Waals surface area (Å²) in [7, 11) is -6.77. The fourth-order valence-corrected chi connectivity index (χ4v) is 4.88. The summed E-state index contributed by atoms with van der Waals surface area (Å²) in [5.74, 6) is 0. The second kappa shape index (κ2) is 9.19. The first-order valence-electron chi connectivity index (χ1n) is 8.00. The van der Waals surface area contributed by atoms with Crippen LogP contribution in [0.1, 0.15) is 32.5 Å². The summed E-state index contributed by atoms with van der Waals surface area (Å²) in [6.07, 6.45) is -2.39. The predicted molar refractivity (Wildman–Crippen MR) is 95.9 cm³/mol. The molecule has 3 N–H and O–H groups in total. The van der Waals surface area contributed by atoms with Crippen molar-refractivity contribution in [2.45, 2.75) is 44.1 Å². The Bertz CT molecular complexity index is 688. The average Bonchev–Trinajstić information content (AvgIpc) is 2.51. The lowest BCUT2D eigenvalue weighted by molar-refractivity contribution is 0.181. The zero-order chi connectivity index (χ0) is 19.3. The third-order valence-electron chi connectivity index (χ3n) is 3.53. The monoisotopic (exact) mass is 397 g/mol. The molecule has 0 bridgehead atoms. The summed E-state index contributed by atoms with van der Waals surface area (Å²) >= 11 is 0. The Morgan fingerprint density at radius 2 is 1.56 bits per heavy atom. The molecule has 0 aliphatic rings. The van der Waals surface area contributed by atoms with E-state index in [2.05, 4.69) is 15.3 Å². The molecule has 0 saturated carbocycles. The molecule has 25 heavy (non-hydrogen) atoms. The van der Waals surface area contributed by atoms with Crippen LogP contribution < -0.4 is 15.3 Å². The first kappa shape index (κ1) is 22.2. The standard InChI is InChI=1S/C15H26F2N3O3PS/c1-5-18-24(21,19-6-2)20-15(11(3)16)14(17)12-7-9-13(10-8-12)25(4,22)23/h7-11,14-15H,5-6H2,1-4H3,(H3,18,19,20,21)/t11-,14+,15+/m1/s1. The third-order valence-corrected chi connectivity index (χ3v) is 6.84. The van der Waals surface area contributed by atoms with Gasteiger partial charge in [0.05, 0.1) is 10.9 Å². The second-order valence-corrected chi connectivity index (χ2v) is 9.83. The van der Waals surface area contributed by atoms with E-state index in [1.54, 1.807) is 13.8 Å². The summed E-state index contributed by atoms with van der Waals surface area (Å²) in [4.78, 5) is 0.0484. The van der Waals surface area contributed by atoms with Crippen molar-refractivity contribution in [1.82, 2.24) is 15.3 Å². The van der Waals surface area contributed by atoms with E-state index >= 15 is 0 Å². The molecule has 144 valence electrons. The minimum atomic E-state index is -3.40. The second-order valence-electron chi connectivity index (χ2n) is 5.71. The Balaban J connectivity index is 3.07. The molecule has 6 nitrogen and oxygen atoms in total. The van der Waals surface area contributed by atoms with Crippen LogP contribution in [0.15, 0.2) is 29.2 Å². The van der Waals surface area contributed by atoms with E-state index in [0.717, 1.165) is 6.26 Å². The Kier molecular flexibility index (Phi) is 8.15. The lowest BCUT2D eigenvalue weighted by Crippen LogP contribution is -2.44. The lowest BCUT2D eigenvalue weighted by Gasteiger charge is -2.29. The maximum absolute atomic E-state index is 14.9. The van der Waals surface area contributed by atoms with Gasteiger partial charge in [-0.25, -0.2) is 32.5 Å². The Morgan fingerprint density at radius 1 is 1.08 bits per heavy atom. The van der Waals surface area contributed by atoms with E-state index in [1.165, 1.54) is 31.2 Å². The first-order chi connectivity index (χ1) is 11.5. The van der Waals surface area contributed by atoms with Gasteiger partial charge in [-0.1, -0.05) is 26.0 Å². The topological polar surface area (TPSA) is 87.3 Å². The molecule has 0 spiro atoms. The van der Waals surface area contributed by atoms with Crippen LogP contribution in [0.3, 0.4) is 0 Å². The minimum absolute atomic E-state index is 0.0484. The number of halogens is 2. The van der Waals surface area contributed by atoms with E-state index in [-0.39, 0.29) is 10.5 Å². The molecule has 10 heteroatoms. The highest BCUT2D eigenvalue weighted by molar-refractivity contribution is 7.90. The average molecular weight is 397 g/mol. The SMILES string of the molecule is CCNP(=O)(NCC)N[C@@H]([C@@H](C)F)[C@@H](F)c1ccc(S(C)(=O)=O)cc1. The molecule has 0 heterocycles. The van der Waals surface area contributed by atoms with Gasteiger partial charge in [0.25, 0.3) is 7.59 Å². The van der Waals surface area contributed by atoms with E-state index < -0.39 is 35.8 Å². The number of sulfone groups is 1. The van der Waals surface area contributed by atoms with E-state index in [0.29, 0.717) is 13.1 Å². The zero-order valence-corrected chi connectivity index (χ0v) is 16.5. The third kappa shape index (κ3) is 6.42. The molecule has 0 aliphatic heterocycles. The van der Waals surface area contributed by atoms with E-state index in [1.807, 2.05) is 0 Å². The Morgan fingerprint density at radius 3 is 1.92 bits per heavy atom. The molecule has 0 aliphatic carbocycles. The van der Waals surface area contributed by atoms with Gasteiger partial charge in [0.1, 0.15) is 12.3 Å². The van der Waals surface area contributed by atoms with Crippen LogP contribution in [-0.2, 0) is 14.4 Å². The van der Waals surface area contributed by atoms with Gasteiger partial charge in [0.2, 0.25) is 0 Å². The summed E-state index contributed by atoms with van der Waals surface area (Å²) in [5, 5.41) is 7.94. The predicted octanol–water partition coefficient (Wildman–Crippen LogP) is 2.74. The summed E-state index contributed by atoms with van der Waals surface area (Å²) in [5.41, 5.74) is 0.106. The zero-order valence-electron chi connectivity index (χ0n) is 14.8. The van der Waals surface area contributed by atoms with Crippen molar-refractivity contribution in [2.24, 2.45) is 0 Å². The molecule has 0 unspecified atom stereocenters. The molecule has 1 rings (SSSR count). The highest BCUT2D eigenvalue weighted by Crippen LogP contribution is 2.36. The highest BCUT2D eigenvalue weighted by atomic mass is 32.2. The molecule has 0 aromatic heterocycles. The quantitative estimate of drug-likeness (QED) is 0.527. The van der Waals surface area contributed by atoms with Crippen molar-refractivity contribution < 1.29 is 21.8 Å². The van der Waals surface area contributed by atoms with Gasteiger partial charge in [-0.15, -0.1) is 0 Å². The van der Waals surface area contributed by atoms with Crippen LogP contribution in [0, 0.1) is 0 Å². The van der Waals surface area contributed by atoms with Crippen LogP contribution >= 0.6 is 7.59 Å². The van der Waals surface area contributed by atoms with Gasteiger partial charge in [0, 0.05) is 19.3 Å². The summed E-state index contributed by atoms with van der Waals surface area (Å²) in [6, 6.07) is 3.76. The summed E-state index contributed by atoms with van der Waals surface area (Å²) in [6.45, 7) is 5.35. The van der Waals surface area contributed by atoms with Crippen molar-refractivity contribution >= 4 is 17.4 Å². The van der Waals surface area contributed by atoms with E-state index in [4.69, 9.17) is 0 Å². The van der Waals surface area contributed by atoms with Crippen molar-refractivity contribution in [1.29, 1.82) is 0 Å². The number of hydrogen-bond acceptors (Lipinski definition) is 3. The smallest absolute Gasteiger partial charge is 0.271 e. The number of benzene rings is 1. The maximum Gasteiger partial charge on any atom is 0.279 e. The van der Waals surface area contributed by atoms with Gasteiger partial charge in [-0.3, -0.25) is 4.57 Å². The molecule has 0 fully saturated rings. The fraction of sp³-hybridized carbons (Fsp3) is 0.600. The van der Waals surface area contributed by atoms with Gasteiger partial charge in [0.15, 0.2) is 9.84 Å². The highest BCUT2D eigenvalue weighted by Gasteiger charge is 2.34. The van der Waals surface area contributed by atoms with Crippen molar-refractivity contribution in [2.75, 3.05) is 19.3 Å². The number of hydrogen-bond donors (Lipinski definition) is 3. The lowest BCUT2D eigenvalue weighted by atomic mass is 10.0. The summed E-state index contributed by atoms with van der Waals surface area (Å²) < 4.78 is 64.5. The molecule has 0 radical (unpaired) electrons. The van der Waals surface area contributed by atoms with E-state index in [9.17, 15) is 21.8 Å². The normalized spacial score (nSPS) is 16.4. The molecular formula is C15H26F2N3O3PS. The molecule has 1 aromatic carbocycles. The van der Waals surface area contributed by atoms with Crippen LogP contribution in [0.2, 0.25) is 0 Å². The number of alkyl halides is 2. The minimum Gasteiger partial charge on any atom is -0.271 e. The maximum atomic E-state index is 14.9. The largest absolute Gasteiger partial charge is 0.279 e. The van der Waals surface area contributed by atoms with Crippen LogP contribution in [0.4, 0.5) is 8.78 Å². The fourth-order valence-electron chi connectivity index (χ4n) is 2.31. The Hall–Kier alpha value is -0.860. The van der Waals surface area contributed by atoms with Gasteiger partial charge in [-0.05, 0) is 24.6 Å². The van der Waals surface area contributed by atoms with Gasteiger partial charge in [-0.2, -0.15) is 0 Å². The van der Waals surface area contributed by atoms with Crippen LogP contribution in [0.5, 0.6) is 0 Å². The van der Waals surface area contributed by atoms with Gasteiger partial charge < -0.3 is 0 Å². The van der Waals surface area contributed by atoms with Crippen LogP contribution in [-0.4, -0.2) is 40.0 Å². The number of rotatable bonds is 10.